The number of hydrazone groups is 1. The van der Waals surface area contributed by atoms with Crippen molar-refractivity contribution in [1.82, 2.24) is 15.4 Å². The summed E-state index contributed by atoms with van der Waals surface area (Å²) in [7, 11) is 0. The first kappa shape index (κ1) is 11.7. The van der Waals surface area contributed by atoms with E-state index in [-0.39, 0.29) is 5.69 Å². The van der Waals surface area contributed by atoms with Gasteiger partial charge in [0.05, 0.1) is 12.5 Å². The molecule has 0 atom stereocenters. The number of carbonyl (C=O) groups excluding carboxylic acids is 1. The van der Waals surface area contributed by atoms with Crippen molar-refractivity contribution in [2.45, 2.75) is 0 Å². The first-order chi connectivity index (χ1) is 8.86. The van der Waals surface area contributed by atoms with Crippen LogP contribution in [-0.2, 0) is 0 Å². The third-order valence-corrected chi connectivity index (χ3v) is 1.93. The second-order valence-electron chi connectivity index (χ2n) is 3.18. The Kier molecular flexibility index (Phi) is 3.97. The van der Waals surface area contributed by atoms with Gasteiger partial charge in [0.15, 0.2) is 0 Å². The van der Waals surface area contributed by atoms with Crippen LogP contribution in [0.2, 0.25) is 0 Å². The molecular formula is C12H10N4O2. The van der Waals surface area contributed by atoms with Crippen LogP contribution in [0.15, 0.2) is 52.6 Å². The summed E-state index contributed by atoms with van der Waals surface area (Å²) in [5.41, 5.74) is 2.54. The molecule has 1 N–H and O–H groups in total. The van der Waals surface area contributed by atoms with Crippen molar-refractivity contribution < 1.29 is 9.21 Å². The summed E-state index contributed by atoms with van der Waals surface area (Å²) >= 11 is 0. The van der Waals surface area contributed by atoms with Gasteiger partial charge in [0.25, 0.3) is 5.91 Å². The van der Waals surface area contributed by atoms with Crippen molar-refractivity contribution in [3.05, 3.63) is 54.5 Å². The van der Waals surface area contributed by atoms with Crippen LogP contribution < -0.4 is 5.43 Å². The molecule has 0 unspecified atom stereocenters. The maximum atomic E-state index is 11.5. The minimum absolute atomic E-state index is 0.213. The lowest BCUT2D eigenvalue weighted by Gasteiger charge is -1.95. The van der Waals surface area contributed by atoms with Gasteiger partial charge in [-0.3, -0.25) is 9.78 Å². The van der Waals surface area contributed by atoms with E-state index in [4.69, 9.17) is 4.42 Å². The van der Waals surface area contributed by atoms with E-state index in [0.717, 1.165) is 0 Å². The van der Waals surface area contributed by atoms with Crippen molar-refractivity contribution in [3.63, 3.8) is 0 Å². The zero-order valence-corrected chi connectivity index (χ0v) is 9.35. The Labute approximate surface area is 103 Å². The van der Waals surface area contributed by atoms with Gasteiger partial charge in [0, 0.05) is 18.6 Å². The van der Waals surface area contributed by atoms with Crippen molar-refractivity contribution in [2.24, 2.45) is 5.10 Å². The Bertz CT molecular complexity index is 547. The molecule has 2 heterocycles. The molecule has 6 nitrogen and oxygen atoms in total. The van der Waals surface area contributed by atoms with Crippen molar-refractivity contribution in [3.8, 4) is 0 Å². The Hall–Kier alpha value is -2.76. The van der Waals surface area contributed by atoms with E-state index in [1.165, 1.54) is 24.8 Å². The topological polar surface area (TPSA) is 80.4 Å². The van der Waals surface area contributed by atoms with Crippen LogP contribution in [0, 0.1) is 0 Å². The zero-order chi connectivity index (χ0) is 12.6. The van der Waals surface area contributed by atoms with E-state index in [1.807, 2.05) is 6.07 Å². The summed E-state index contributed by atoms with van der Waals surface area (Å²) in [5.74, 6) is 0.299. The Morgan fingerprint density at radius 1 is 1.44 bits per heavy atom. The number of allylic oxidation sites excluding steroid dienone is 1. The molecule has 0 saturated carbocycles. The number of hydrogen-bond donors (Lipinski definition) is 1. The minimum atomic E-state index is -0.411. The van der Waals surface area contributed by atoms with Gasteiger partial charge in [-0.15, -0.1) is 0 Å². The SMILES string of the molecule is O=C(NN=C/C=C/c1ccco1)c1cnccn1. The zero-order valence-electron chi connectivity index (χ0n) is 9.35. The largest absolute Gasteiger partial charge is 0.465 e. The van der Waals surface area contributed by atoms with Crippen LogP contribution in [0.25, 0.3) is 6.08 Å². The van der Waals surface area contributed by atoms with Crippen LogP contribution in [0.1, 0.15) is 16.2 Å². The lowest BCUT2D eigenvalue weighted by atomic mass is 10.4. The second kappa shape index (κ2) is 6.09. The second-order valence-corrected chi connectivity index (χ2v) is 3.18. The Morgan fingerprint density at radius 3 is 3.11 bits per heavy atom. The van der Waals surface area contributed by atoms with Crippen LogP contribution in [0.4, 0.5) is 0 Å². The van der Waals surface area contributed by atoms with E-state index < -0.39 is 5.91 Å². The number of amides is 1. The van der Waals surface area contributed by atoms with E-state index in [1.54, 1.807) is 24.5 Å². The molecule has 18 heavy (non-hydrogen) atoms. The number of aromatic nitrogens is 2. The average Bonchev–Trinajstić information content (AvgIpc) is 2.92. The molecular weight excluding hydrogens is 232 g/mol. The van der Waals surface area contributed by atoms with E-state index in [2.05, 4.69) is 20.5 Å². The van der Waals surface area contributed by atoms with E-state index >= 15 is 0 Å². The molecule has 0 bridgehead atoms. The number of hydrogen-bond acceptors (Lipinski definition) is 5. The number of carbonyl (C=O) groups is 1. The van der Waals surface area contributed by atoms with Crippen molar-refractivity contribution in [2.75, 3.05) is 0 Å². The van der Waals surface area contributed by atoms with Gasteiger partial charge in [-0.05, 0) is 24.3 Å². The highest BCUT2D eigenvalue weighted by Gasteiger charge is 2.03. The molecule has 2 aromatic heterocycles. The fourth-order valence-electron chi connectivity index (χ4n) is 1.14. The summed E-state index contributed by atoms with van der Waals surface area (Å²) in [5, 5.41) is 3.73. The molecule has 2 rings (SSSR count). The predicted octanol–water partition coefficient (Wildman–Crippen LogP) is 1.50. The van der Waals surface area contributed by atoms with Crippen LogP contribution >= 0.6 is 0 Å². The van der Waals surface area contributed by atoms with E-state index in [0.29, 0.717) is 5.76 Å². The van der Waals surface area contributed by atoms with Crippen LogP contribution in [0.5, 0.6) is 0 Å². The van der Waals surface area contributed by atoms with Gasteiger partial charge in [0.1, 0.15) is 11.5 Å². The summed E-state index contributed by atoms with van der Waals surface area (Å²) in [4.78, 5) is 19.1. The van der Waals surface area contributed by atoms with Crippen molar-refractivity contribution >= 4 is 18.2 Å². The van der Waals surface area contributed by atoms with Crippen LogP contribution in [0.3, 0.4) is 0 Å². The minimum Gasteiger partial charge on any atom is -0.465 e. The standard InChI is InChI=1S/C12H10N4O2/c17-12(11-9-13-6-7-14-11)16-15-5-1-3-10-4-2-8-18-10/h1-9H,(H,16,17)/b3-1+,15-5?. The summed E-state index contributed by atoms with van der Waals surface area (Å²) in [6.45, 7) is 0. The predicted molar refractivity (Wildman–Crippen MR) is 65.7 cm³/mol. The molecule has 0 fully saturated rings. The fraction of sp³-hybridized carbons (Fsp3) is 0. The molecule has 0 aliphatic heterocycles. The molecule has 2 aromatic rings. The molecule has 6 heteroatoms. The molecule has 0 aliphatic rings. The summed E-state index contributed by atoms with van der Waals surface area (Å²) < 4.78 is 5.08. The van der Waals surface area contributed by atoms with Crippen molar-refractivity contribution in [1.29, 1.82) is 0 Å². The monoisotopic (exact) mass is 242 g/mol. The third kappa shape index (κ3) is 3.38. The van der Waals surface area contributed by atoms with Crippen LogP contribution in [-0.4, -0.2) is 22.1 Å². The first-order valence-electron chi connectivity index (χ1n) is 5.16. The maximum Gasteiger partial charge on any atom is 0.291 e. The number of rotatable bonds is 4. The van der Waals surface area contributed by atoms with E-state index in [9.17, 15) is 4.79 Å². The number of furan rings is 1. The Balaban J connectivity index is 1.83. The van der Waals surface area contributed by atoms with Gasteiger partial charge < -0.3 is 4.42 Å². The number of nitrogens with zero attached hydrogens (tertiary/aromatic N) is 3. The highest BCUT2D eigenvalue weighted by molar-refractivity contribution is 5.92. The molecule has 0 aliphatic carbocycles. The van der Waals surface area contributed by atoms with Gasteiger partial charge in [-0.2, -0.15) is 5.10 Å². The molecule has 0 saturated heterocycles. The lowest BCUT2D eigenvalue weighted by molar-refractivity contribution is 0.0950. The fourth-order valence-corrected chi connectivity index (χ4v) is 1.14. The summed E-state index contributed by atoms with van der Waals surface area (Å²) in [6.07, 6.45) is 10.7. The highest BCUT2D eigenvalue weighted by Crippen LogP contribution is 2.00. The highest BCUT2D eigenvalue weighted by atomic mass is 16.3. The normalized spacial score (nSPS) is 11.1. The molecule has 0 spiro atoms. The molecule has 90 valence electrons. The molecule has 1 amide bonds. The maximum absolute atomic E-state index is 11.5. The quantitative estimate of drug-likeness (QED) is 0.650. The number of nitrogens with one attached hydrogen (secondary N) is 1. The van der Waals surface area contributed by atoms with Gasteiger partial charge in [-0.1, -0.05) is 0 Å². The van der Waals surface area contributed by atoms with Gasteiger partial charge in [-0.25, -0.2) is 10.4 Å². The third-order valence-electron chi connectivity index (χ3n) is 1.93. The molecule has 0 radical (unpaired) electrons. The summed E-state index contributed by atoms with van der Waals surface area (Å²) in [6, 6.07) is 3.59. The van der Waals surface area contributed by atoms with Gasteiger partial charge >= 0.3 is 0 Å². The Morgan fingerprint density at radius 2 is 2.39 bits per heavy atom. The smallest absolute Gasteiger partial charge is 0.291 e. The average molecular weight is 242 g/mol. The lowest BCUT2D eigenvalue weighted by Crippen LogP contribution is -2.18. The first-order valence-corrected chi connectivity index (χ1v) is 5.16. The molecule has 0 aromatic carbocycles. The van der Waals surface area contributed by atoms with Gasteiger partial charge in [0.2, 0.25) is 0 Å².